The number of aryl methyl sites for hydroxylation is 1. The van der Waals surface area contributed by atoms with Crippen molar-refractivity contribution in [1.29, 1.82) is 0 Å². The van der Waals surface area contributed by atoms with Crippen molar-refractivity contribution >= 4 is 0 Å². The summed E-state index contributed by atoms with van der Waals surface area (Å²) in [5.74, 6) is 1.39. The predicted octanol–water partition coefficient (Wildman–Crippen LogP) is 1.79. The highest BCUT2D eigenvalue weighted by Crippen LogP contribution is 2.28. The zero-order chi connectivity index (χ0) is 9.97. The van der Waals surface area contributed by atoms with Crippen LogP contribution in [0.3, 0.4) is 0 Å². The summed E-state index contributed by atoms with van der Waals surface area (Å²) in [4.78, 5) is 0. The maximum Gasteiger partial charge on any atom is 0.119 e. The van der Waals surface area contributed by atoms with Crippen molar-refractivity contribution in [3.8, 4) is 5.75 Å². The minimum Gasteiger partial charge on any atom is -0.497 e. The predicted molar refractivity (Wildman–Crippen MR) is 55.6 cm³/mol. The summed E-state index contributed by atoms with van der Waals surface area (Å²) < 4.78 is 5.18. The average Bonchev–Trinajstić information content (AvgIpc) is 2.27. The van der Waals surface area contributed by atoms with Gasteiger partial charge >= 0.3 is 0 Å². The molecule has 1 N–H and O–H groups in total. The highest BCUT2D eigenvalue weighted by molar-refractivity contribution is 5.37. The second kappa shape index (κ2) is 4.01. The lowest BCUT2D eigenvalue weighted by atomic mass is 9.84. The van der Waals surface area contributed by atoms with E-state index in [1.807, 2.05) is 6.07 Å². The van der Waals surface area contributed by atoms with E-state index in [2.05, 4.69) is 12.1 Å². The molecule has 1 aliphatic carbocycles. The Labute approximate surface area is 84.5 Å². The van der Waals surface area contributed by atoms with Crippen LogP contribution in [0.1, 0.15) is 17.5 Å². The van der Waals surface area contributed by atoms with E-state index in [0.717, 1.165) is 25.0 Å². The first-order valence-corrected chi connectivity index (χ1v) is 5.10. The molecule has 76 valence electrons. The smallest absolute Gasteiger partial charge is 0.119 e. The van der Waals surface area contributed by atoms with Crippen molar-refractivity contribution in [2.24, 2.45) is 5.92 Å². The Morgan fingerprint density at radius 1 is 1.43 bits per heavy atom. The maximum atomic E-state index is 9.09. The van der Waals surface area contributed by atoms with E-state index in [4.69, 9.17) is 9.84 Å². The lowest BCUT2D eigenvalue weighted by Crippen LogP contribution is -2.17. The number of fused-ring (bicyclic) bond motifs is 1. The summed E-state index contributed by atoms with van der Waals surface area (Å²) in [6.07, 6.45) is 3.17. The molecule has 1 aromatic rings. The van der Waals surface area contributed by atoms with Gasteiger partial charge in [0.25, 0.3) is 0 Å². The Bertz CT molecular complexity index is 320. The normalized spacial score (nSPS) is 20.3. The van der Waals surface area contributed by atoms with E-state index in [1.54, 1.807) is 7.11 Å². The molecule has 1 aliphatic rings. The monoisotopic (exact) mass is 192 g/mol. The summed E-state index contributed by atoms with van der Waals surface area (Å²) >= 11 is 0. The Hall–Kier alpha value is -1.02. The van der Waals surface area contributed by atoms with Gasteiger partial charge in [0.1, 0.15) is 5.75 Å². The highest BCUT2D eigenvalue weighted by atomic mass is 16.5. The maximum absolute atomic E-state index is 9.09. The standard InChI is InChI=1S/C12H16O2/c1-14-12-5-4-10-6-9(8-13)2-3-11(10)7-12/h4-5,7,9,13H,2-3,6,8H2,1H3. The molecule has 0 aromatic heterocycles. The van der Waals surface area contributed by atoms with Crippen molar-refractivity contribution in [2.75, 3.05) is 13.7 Å². The van der Waals surface area contributed by atoms with E-state index < -0.39 is 0 Å². The van der Waals surface area contributed by atoms with Crippen molar-refractivity contribution in [2.45, 2.75) is 19.3 Å². The third-order valence-electron chi connectivity index (χ3n) is 3.00. The van der Waals surface area contributed by atoms with Crippen molar-refractivity contribution < 1.29 is 9.84 Å². The Balaban J connectivity index is 2.23. The van der Waals surface area contributed by atoms with Gasteiger partial charge in [-0.2, -0.15) is 0 Å². The molecular weight excluding hydrogens is 176 g/mol. The van der Waals surface area contributed by atoms with Crippen LogP contribution in [0, 0.1) is 5.92 Å². The van der Waals surface area contributed by atoms with Gasteiger partial charge in [-0.3, -0.25) is 0 Å². The van der Waals surface area contributed by atoms with Gasteiger partial charge in [0.15, 0.2) is 0 Å². The second-order valence-electron chi connectivity index (χ2n) is 3.93. The number of hydrogen-bond donors (Lipinski definition) is 1. The van der Waals surface area contributed by atoms with Crippen molar-refractivity contribution in [3.63, 3.8) is 0 Å². The molecule has 0 fully saturated rings. The number of methoxy groups -OCH3 is 1. The number of aliphatic hydroxyl groups excluding tert-OH is 1. The molecule has 0 saturated carbocycles. The topological polar surface area (TPSA) is 29.5 Å². The summed E-state index contributed by atoms with van der Waals surface area (Å²) in [7, 11) is 1.70. The molecule has 1 unspecified atom stereocenters. The van der Waals surface area contributed by atoms with E-state index in [1.165, 1.54) is 11.1 Å². The number of rotatable bonds is 2. The van der Waals surface area contributed by atoms with Crippen molar-refractivity contribution in [1.82, 2.24) is 0 Å². The van der Waals surface area contributed by atoms with Gasteiger partial charge in [-0.15, -0.1) is 0 Å². The fraction of sp³-hybridized carbons (Fsp3) is 0.500. The summed E-state index contributed by atoms with van der Waals surface area (Å²) in [6, 6.07) is 6.23. The summed E-state index contributed by atoms with van der Waals surface area (Å²) in [6.45, 7) is 0.311. The number of hydrogen-bond acceptors (Lipinski definition) is 2. The van der Waals surface area contributed by atoms with Gasteiger partial charge in [0.2, 0.25) is 0 Å². The Morgan fingerprint density at radius 2 is 2.29 bits per heavy atom. The van der Waals surface area contributed by atoms with Gasteiger partial charge in [-0.25, -0.2) is 0 Å². The lowest BCUT2D eigenvalue weighted by molar-refractivity contribution is 0.213. The van der Waals surface area contributed by atoms with E-state index in [-0.39, 0.29) is 0 Å². The molecule has 2 nitrogen and oxygen atoms in total. The molecule has 14 heavy (non-hydrogen) atoms. The van der Waals surface area contributed by atoms with Crippen LogP contribution in [-0.2, 0) is 12.8 Å². The molecule has 2 heteroatoms. The average molecular weight is 192 g/mol. The molecule has 0 amide bonds. The van der Waals surface area contributed by atoms with Gasteiger partial charge in [-0.05, 0) is 48.4 Å². The molecule has 1 aromatic carbocycles. The molecule has 0 aliphatic heterocycles. The SMILES string of the molecule is COc1ccc2c(c1)CCC(CO)C2. The molecule has 0 saturated heterocycles. The summed E-state index contributed by atoms with van der Waals surface area (Å²) in [5, 5.41) is 9.09. The van der Waals surface area contributed by atoms with Crippen LogP contribution in [0.15, 0.2) is 18.2 Å². The molecule has 0 radical (unpaired) electrons. The third kappa shape index (κ3) is 1.75. The number of aliphatic hydroxyl groups is 1. The molecular formula is C12H16O2. The van der Waals surface area contributed by atoms with Crippen LogP contribution in [0.4, 0.5) is 0 Å². The first-order chi connectivity index (χ1) is 6.83. The second-order valence-corrected chi connectivity index (χ2v) is 3.93. The fourth-order valence-corrected chi connectivity index (χ4v) is 2.09. The largest absolute Gasteiger partial charge is 0.497 e. The molecule has 1 atom stereocenters. The first-order valence-electron chi connectivity index (χ1n) is 5.10. The van der Waals surface area contributed by atoms with E-state index in [9.17, 15) is 0 Å². The fourth-order valence-electron chi connectivity index (χ4n) is 2.09. The number of benzene rings is 1. The number of ether oxygens (including phenoxy) is 1. The summed E-state index contributed by atoms with van der Waals surface area (Å²) in [5.41, 5.74) is 2.75. The minimum atomic E-state index is 0.311. The quantitative estimate of drug-likeness (QED) is 0.774. The zero-order valence-electron chi connectivity index (χ0n) is 8.49. The Morgan fingerprint density at radius 3 is 3.00 bits per heavy atom. The molecule has 2 rings (SSSR count). The van der Waals surface area contributed by atoms with Gasteiger partial charge in [0.05, 0.1) is 7.11 Å². The van der Waals surface area contributed by atoms with Crippen LogP contribution in [0.5, 0.6) is 5.75 Å². The van der Waals surface area contributed by atoms with Crippen LogP contribution in [0.2, 0.25) is 0 Å². The molecule has 0 heterocycles. The van der Waals surface area contributed by atoms with Crippen LogP contribution >= 0.6 is 0 Å². The van der Waals surface area contributed by atoms with Crippen molar-refractivity contribution in [3.05, 3.63) is 29.3 Å². The van der Waals surface area contributed by atoms with Gasteiger partial charge in [-0.1, -0.05) is 6.07 Å². The van der Waals surface area contributed by atoms with Gasteiger partial charge < -0.3 is 9.84 Å². The van der Waals surface area contributed by atoms with Crippen LogP contribution < -0.4 is 4.74 Å². The molecule has 0 spiro atoms. The van der Waals surface area contributed by atoms with Crippen LogP contribution in [0.25, 0.3) is 0 Å². The zero-order valence-corrected chi connectivity index (χ0v) is 8.49. The highest BCUT2D eigenvalue weighted by Gasteiger charge is 2.17. The van der Waals surface area contributed by atoms with E-state index in [0.29, 0.717) is 12.5 Å². The minimum absolute atomic E-state index is 0.311. The van der Waals surface area contributed by atoms with E-state index >= 15 is 0 Å². The Kier molecular flexibility index (Phi) is 2.73. The molecule has 0 bridgehead atoms. The first kappa shape index (κ1) is 9.53. The third-order valence-corrected chi connectivity index (χ3v) is 3.00. The van der Waals surface area contributed by atoms with Crippen LogP contribution in [-0.4, -0.2) is 18.8 Å². The van der Waals surface area contributed by atoms with Gasteiger partial charge in [0, 0.05) is 6.61 Å². The lowest BCUT2D eigenvalue weighted by Gasteiger charge is -2.23.